The van der Waals surface area contributed by atoms with Gasteiger partial charge in [-0.15, -0.1) is 0 Å². The Morgan fingerprint density at radius 2 is 2.24 bits per heavy atom. The Hall–Kier alpha value is -0.0500. The maximum Gasteiger partial charge on any atom is 0.0465 e. The summed E-state index contributed by atoms with van der Waals surface area (Å²) < 4.78 is 1.05. The Labute approximate surface area is 117 Å². The van der Waals surface area contributed by atoms with E-state index in [4.69, 9.17) is 11.6 Å². The molecule has 1 aliphatic rings. The summed E-state index contributed by atoms with van der Waals surface area (Å²) >= 11 is 9.82. The van der Waals surface area contributed by atoms with Gasteiger partial charge in [-0.3, -0.25) is 0 Å². The summed E-state index contributed by atoms with van der Waals surface area (Å²) in [5.74, 6) is 0.764. The number of halogens is 2. The average molecular weight is 317 g/mol. The molecule has 0 amide bonds. The number of benzene rings is 1. The van der Waals surface area contributed by atoms with E-state index in [2.05, 4.69) is 40.3 Å². The van der Waals surface area contributed by atoms with Crippen LogP contribution >= 0.6 is 27.5 Å². The van der Waals surface area contributed by atoms with Gasteiger partial charge in [0.15, 0.2) is 0 Å². The molecule has 0 saturated heterocycles. The molecule has 0 aliphatic heterocycles. The normalized spacial score (nSPS) is 17.8. The van der Waals surface area contributed by atoms with Crippen LogP contribution in [0.5, 0.6) is 0 Å². The van der Waals surface area contributed by atoms with Crippen LogP contribution in [0.15, 0.2) is 22.7 Å². The lowest BCUT2D eigenvalue weighted by Crippen LogP contribution is -2.32. The predicted octanol–water partition coefficient (Wildman–Crippen LogP) is 4.94. The summed E-state index contributed by atoms with van der Waals surface area (Å²) in [7, 11) is 0. The van der Waals surface area contributed by atoms with Crippen LogP contribution in [-0.2, 0) is 0 Å². The van der Waals surface area contributed by atoms with Crippen molar-refractivity contribution in [1.82, 2.24) is 5.32 Å². The third-order valence-electron chi connectivity index (χ3n) is 3.53. The lowest BCUT2D eigenvalue weighted by atomic mass is 9.77. The van der Waals surface area contributed by atoms with Crippen molar-refractivity contribution in [2.24, 2.45) is 5.92 Å². The van der Waals surface area contributed by atoms with Gasteiger partial charge in [-0.25, -0.2) is 0 Å². The second kappa shape index (κ2) is 6.21. The van der Waals surface area contributed by atoms with Gasteiger partial charge < -0.3 is 5.32 Å². The summed E-state index contributed by atoms with van der Waals surface area (Å²) in [5.41, 5.74) is 1.26. The van der Waals surface area contributed by atoms with Crippen LogP contribution in [0.25, 0.3) is 0 Å². The molecule has 1 aromatic rings. The zero-order valence-corrected chi connectivity index (χ0v) is 12.5. The maximum absolute atomic E-state index is 6.36. The molecule has 1 N–H and O–H groups in total. The fourth-order valence-corrected chi connectivity index (χ4v) is 3.15. The molecule has 1 aliphatic carbocycles. The van der Waals surface area contributed by atoms with E-state index in [-0.39, 0.29) is 0 Å². The lowest BCUT2D eigenvalue weighted by Gasteiger charge is -2.35. The Morgan fingerprint density at radius 3 is 2.76 bits per heavy atom. The molecule has 0 heterocycles. The monoisotopic (exact) mass is 315 g/mol. The lowest BCUT2D eigenvalue weighted by molar-refractivity contribution is 0.231. The van der Waals surface area contributed by atoms with Crippen LogP contribution in [0.2, 0.25) is 5.02 Å². The van der Waals surface area contributed by atoms with Gasteiger partial charge in [-0.2, -0.15) is 0 Å². The van der Waals surface area contributed by atoms with Crippen molar-refractivity contribution >= 4 is 27.5 Å². The molecule has 1 fully saturated rings. The summed E-state index contributed by atoms with van der Waals surface area (Å²) in [5, 5.41) is 4.52. The fraction of sp³-hybridized carbons (Fsp3) is 0.571. The zero-order chi connectivity index (χ0) is 12.3. The molecular formula is C14H19BrClN. The van der Waals surface area contributed by atoms with Crippen LogP contribution in [0.3, 0.4) is 0 Å². The highest BCUT2D eigenvalue weighted by Crippen LogP contribution is 2.40. The second-order valence-electron chi connectivity index (χ2n) is 4.79. The topological polar surface area (TPSA) is 12.0 Å². The summed E-state index contributed by atoms with van der Waals surface area (Å²) in [6, 6.07) is 6.67. The van der Waals surface area contributed by atoms with E-state index in [1.165, 1.54) is 24.8 Å². The molecule has 0 bridgehead atoms. The van der Waals surface area contributed by atoms with E-state index in [9.17, 15) is 0 Å². The Morgan fingerprint density at radius 1 is 1.47 bits per heavy atom. The Bertz CT molecular complexity index is 376. The van der Waals surface area contributed by atoms with Gasteiger partial charge in [-0.1, -0.05) is 46.9 Å². The molecule has 1 nitrogen and oxygen atoms in total. The molecule has 1 unspecified atom stereocenters. The van der Waals surface area contributed by atoms with Crippen LogP contribution in [-0.4, -0.2) is 6.54 Å². The number of rotatable bonds is 5. The highest BCUT2D eigenvalue weighted by Gasteiger charge is 2.29. The fourth-order valence-electron chi connectivity index (χ4n) is 2.36. The van der Waals surface area contributed by atoms with Crippen molar-refractivity contribution in [2.75, 3.05) is 6.54 Å². The maximum atomic E-state index is 6.36. The minimum absolute atomic E-state index is 0.435. The molecule has 2 rings (SSSR count). The summed E-state index contributed by atoms with van der Waals surface area (Å²) in [6.45, 7) is 3.27. The van der Waals surface area contributed by atoms with Gasteiger partial charge in [0.25, 0.3) is 0 Å². The first kappa shape index (κ1) is 13.4. The van der Waals surface area contributed by atoms with Gasteiger partial charge in [0.05, 0.1) is 0 Å². The molecule has 0 aromatic heterocycles. The quantitative estimate of drug-likeness (QED) is 0.811. The van der Waals surface area contributed by atoms with Crippen molar-refractivity contribution in [1.29, 1.82) is 0 Å². The zero-order valence-electron chi connectivity index (χ0n) is 10.2. The first-order valence-electron chi connectivity index (χ1n) is 6.40. The van der Waals surface area contributed by atoms with E-state index in [1.807, 2.05) is 6.07 Å². The van der Waals surface area contributed by atoms with Gasteiger partial charge in [0.1, 0.15) is 0 Å². The number of hydrogen-bond acceptors (Lipinski definition) is 1. The molecule has 1 atom stereocenters. The summed E-state index contributed by atoms with van der Waals surface area (Å²) in [4.78, 5) is 0. The highest BCUT2D eigenvalue weighted by molar-refractivity contribution is 9.10. The minimum atomic E-state index is 0.435. The molecule has 3 heteroatoms. The Balaban J connectivity index is 2.17. The molecule has 0 radical (unpaired) electrons. The first-order valence-corrected chi connectivity index (χ1v) is 7.57. The molecule has 0 spiro atoms. The van der Waals surface area contributed by atoms with Crippen LogP contribution < -0.4 is 5.32 Å². The number of hydrogen-bond donors (Lipinski definition) is 1. The standard InChI is InChI=1S/C14H19BrClN/c1-2-8-17-14(10-4-3-5-10)12-7-6-11(15)9-13(12)16/h6-7,9-10,14,17H,2-5,8H2,1H3. The van der Waals surface area contributed by atoms with E-state index in [1.54, 1.807) is 0 Å². The van der Waals surface area contributed by atoms with Crippen LogP contribution in [0.1, 0.15) is 44.2 Å². The molecular weight excluding hydrogens is 298 g/mol. The molecule has 94 valence electrons. The predicted molar refractivity (Wildman–Crippen MR) is 77.5 cm³/mol. The van der Waals surface area contributed by atoms with Crippen molar-refractivity contribution in [3.63, 3.8) is 0 Å². The number of nitrogens with one attached hydrogen (secondary N) is 1. The second-order valence-corrected chi connectivity index (χ2v) is 6.11. The van der Waals surface area contributed by atoms with E-state index in [0.29, 0.717) is 6.04 Å². The average Bonchev–Trinajstić information content (AvgIpc) is 2.22. The first-order chi connectivity index (χ1) is 8.22. The third kappa shape index (κ3) is 3.24. The Kier molecular flexibility index (Phi) is 4.89. The highest BCUT2D eigenvalue weighted by atomic mass is 79.9. The van der Waals surface area contributed by atoms with Crippen LogP contribution in [0, 0.1) is 5.92 Å². The molecule has 1 saturated carbocycles. The van der Waals surface area contributed by atoms with Gasteiger partial charge >= 0.3 is 0 Å². The molecule has 1 aromatic carbocycles. The third-order valence-corrected chi connectivity index (χ3v) is 4.35. The largest absolute Gasteiger partial charge is 0.310 e. The van der Waals surface area contributed by atoms with E-state index >= 15 is 0 Å². The van der Waals surface area contributed by atoms with Crippen molar-refractivity contribution in [3.8, 4) is 0 Å². The van der Waals surface area contributed by atoms with Crippen molar-refractivity contribution in [2.45, 2.75) is 38.6 Å². The van der Waals surface area contributed by atoms with Crippen molar-refractivity contribution in [3.05, 3.63) is 33.3 Å². The molecule has 17 heavy (non-hydrogen) atoms. The van der Waals surface area contributed by atoms with E-state index < -0.39 is 0 Å². The van der Waals surface area contributed by atoms with Gasteiger partial charge in [-0.05, 0) is 49.4 Å². The van der Waals surface area contributed by atoms with Gasteiger partial charge in [0.2, 0.25) is 0 Å². The van der Waals surface area contributed by atoms with Crippen molar-refractivity contribution < 1.29 is 0 Å². The van der Waals surface area contributed by atoms with Crippen LogP contribution in [0.4, 0.5) is 0 Å². The van der Waals surface area contributed by atoms with Gasteiger partial charge in [0, 0.05) is 15.5 Å². The smallest absolute Gasteiger partial charge is 0.0465 e. The minimum Gasteiger partial charge on any atom is -0.310 e. The van der Waals surface area contributed by atoms with E-state index in [0.717, 1.165) is 28.4 Å². The summed E-state index contributed by atoms with van der Waals surface area (Å²) in [6.07, 6.45) is 5.18. The SMILES string of the molecule is CCCNC(c1ccc(Br)cc1Cl)C1CCC1.